The molecule has 0 fully saturated rings. The summed E-state index contributed by atoms with van der Waals surface area (Å²) < 4.78 is 2.42. The van der Waals surface area contributed by atoms with Gasteiger partial charge in [0.25, 0.3) is 0 Å². The van der Waals surface area contributed by atoms with Crippen molar-refractivity contribution >= 4 is 40.0 Å². The molecule has 2 atom stereocenters. The summed E-state index contributed by atoms with van der Waals surface area (Å²) in [5.74, 6) is 1.18. The summed E-state index contributed by atoms with van der Waals surface area (Å²) in [6.45, 7) is 4.07. The number of hydrogen-bond donors (Lipinski definition) is 0. The van der Waals surface area contributed by atoms with E-state index in [4.69, 9.17) is 4.98 Å². The molecule has 0 N–H and O–H groups in total. The van der Waals surface area contributed by atoms with Gasteiger partial charge in [0, 0.05) is 39.5 Å². The van der Waals surface area contributed by atoms with Gasteiger partial charge >= 0.3 is 0 Å². The highest BCUT2D eigenvalue weighted by molar-refractivity contribution is 5.96. The normalized spacial score (nSPS) is 17.1. The minimum atomic E-state index is 0.212. The highest BCUT2D eigenvalue weighted by Crippen LogP contribution is 2.50. The van der Waals surface area contributed by atoms with E-state index in [1.807, 2.05) is 6.08 Å². The molecule has 2 aromatic heterocycles. The fraction of sp³-hybridized carbons (Fsp3) is 0.0816. The zero-order valence-corrected chi connectivity index (χ0v) is 28.9. The summed E-state index contributed by atoms with van der Waals surface area (Å²) in [6.07, 6.45) is 15.8. The average molecular weight is 668 g/mol. The lowest BCUT2D eigenvalue weighted by atomic mass is 9.85. The molecule has 2 aliphatic carbocycles. The van der Waals surface area contributed by atoms with Crippen LogP contribution in [0.2, 0.25) is 0 Å². The Bertz CT molecular complexity index is 2530. The van der Waals surface area contributed by atoms with Crippen molar-refractivity contribution < 1.29 is 0 Å². The Labute approximate surface area is 304 Å². The minimum Gasteiger partial charge on any atom is -0.333 e. The second-order valence-electron chi connectivity index (χ2n) is 13.9. The van der Waals surface area contributed by atoms with Crippen molar-refractivity contribution in [3.63, 3.8) is 0 Å². The van der Waals surface area contributed by atoms with Gasteiger partial charge in [0.1, 0.15) is 5.82 Å². The molecular formula is C49H37N3. The van der Waals surface area contributed by atoms with Crippen LogP contribution in [0.1, 0.15) is 40.3 Å². The second-order valence-corrected chi connectivity index (χ2v) is 13.9. The number of benzene rings is 5. The number of allylic oxidation sites excluding steroid dienone is 3. The first-order chi connectivity index (χ1) is 25.7. The van der Waals surface area contributed by atoms with E-state index >= 15 is 0 Å². The molecule has 0 amide bonds. The maximum Gasteiger partial charge on any atom is 0.138 e. The van der Waals surface area contributed by atoms with Crippen molar-refractivity contribution in [1.82, 2.24) is 9.55 Å². The maximum absolute atomic E-state index is 5.35. The Balaban J connectivity index is 1.11. The van der Waals surface area contributed by atoms with Gasteiger partial charge in [-0.15, -0.1) is 0 Å². The average Bonchev–Trinajstić information content (AvgIpc) is 3.73. The van der Waals surface area contributed by atoms with Gasteiger partial charge in [-0.3, -0.25) is 4.57 Å². The van der Waals surface area contributed by atoms with Crippen molar-refractivity contribution in [1.29, 1.82) is 0 Å². The van der Waals surface area contributed by atoms with E-state index in [-0.39, 0.29) is 12.0 Å². The first-order valence-corrected chi connectivity index (χ1v) is 18.2. The smallest absolute Gasteiger partial charge is 0.138 e. The van der Waals surface area contributed by atoms with E-state index in [9.17, 15) is 0 Å². The van der Waals surface area contributed by atoms with Crippen LogP contribution in [-0.2, 0) is 6.42 Å². The fourth-order valence-electron chi connectivity index (χ4n) is 8.48. The minimum absolute atomic E-state index is 0.212. The van der Waals surface area contributed by atoms with Gasteiger partial charge in [0.15, 0.2) is 0 Å². The lowest BCUT2D eigenvalue weighted by Crippen LogP contribution is -2.28. The molecule has 5 aromatic carbocycles. The van der Waals surface area contributed by atoms with E-state index in [2.05, 4.69) is 186 Å². The standard InChI is InChI=1S/C49H37N3/c1-2-33-22-25-46-41(28-33)43-30-37(23-26-47(43)51(46)39-18-10-5-11-19-39)36-24-27-48-42(29-36)40-20-12-13-21-45(40)52(48)49-32-38(34-14-6-3-7-15-34)31-44(50-49)35-16-8-4-9-17-35/h2-12,14-20,22-32,43,47H,1,13,21H2. The predicted molar refractivity (Wildman–Crippen MR) is 218 cm³/mol. The fourth-order valence-corrected chi connectivity index (χ4v) is 8.48. The third-order valence-electron chi connectivity index (χ3n) is 10.9. The molecule has 0 saturated carbocycles. The summed E-state index contributed by atoms with van der Waals surface area (Å²) in [6, 6.07) is 50.4. The highest BCUT2D eigenvalue weighted by atomic mass is 15.2. The Morgan fingerprint density at radius 1 is 0.692 bits per heavy atom. The van der Waals surface area contributed by atoms with Crippen LogP contribution in [0, 0.1) is 0 Å². The van der Waals surface area contributed by atoms with Crippen LogP contribution in [0.5, 0.6) is 0 Å². The van der Waals surface area contributed by atoms with E-state index in [0.717, 1.165) is 41.0 Å². The molecule has 3 heteroatoms. The van der Waals surface area contributed by atoms with Crippen LogP contribution in [0.4, 0.5) is 11.4 Å². The molecule has 3 nitrogen and oxygen atoms in total. The number of aromatic nitrogens is 2. The molecule has 0 bridgehead atoms. The summed E-state index contributed by atoms with van der Waals surface area (Å²) in [5, 5.41) is 1.26. The number of rotatable bonds is 6. The summed E-state index contributed by atoms with van der Waals surface area (Å²) in [4.78, 5) is 7.84. The van der Waals surface area contributed by atoms with Gasteiger partial charge in [0.05, 0.1) is 17.3 Å². The molecule has 0 radical (unpaired) electrons. The van der Waals surface area contributed by atoms with Gasteiger partial charge < -0.3 is 4.90 Å². The first-order valence-electron chi connectivity index (χ1n) is 18.2. The number of hydrogen-bond acceptors (Lipinski definition) is 2. The molecule has 7 aromatic rings. The Morgan fingerprint density at radius 3 is 2.25 bits per heavy atom. The molecular weight excluding hydrogens is 631 g/mol. The van der Waals surface area contributed by atoms with Gasteiger partial charge in [0.2, 0.25) is 0 Å². The maximum atomic E-state index is 5.35. The molecule has 2 unspecified atom stereocenters. The van der Waals surface area contributed by atoms with Crippen LogP contribution in [-0.4, -0.2) is 15.6 Å². The Kier molecular flexibility index (Phi) is 7.24. The Hall–Kier alpha value is -6.45. The van der Waals surface area contributed by atoms with Crippen LogP contribution >= 0.6 is 0 Å². The topological polar surface area (TPSA) is 21.1 Å². The summed E-state index contributed by atoms with van der Waals surface area (Å²) >= 11 is 0. The van der Waals surface area contributed by atoms with Gasteiger partial charge in [-0.05, 0) is 94.8 Å². The molecule has 10 rings (SSSR count). The molecule has 3 heterocycles. The molecule has 3 aliphatic rings. The van der Waals surface area contributed by atoms with Crippen LogP contribution in [0.25, 0.3) is 56.8 Å². The second kappa shape index (κ2) is 12.4. The highest BCUT2D eigenvalue weighted by Gasteiger charge is 2.38. The van der Waals surface area contributed by atoms with Crippen LogP contribution in [0.3, 0.4) is 0 Å². The molecule has 52 heavy (non-hydrogen) atoms. The predicted octanol–water partition coefficient (Wildman–Crippen LogP) is 12.2. The third kappa shape index (κ3) is 5.00. The first kappa shape index (κ1) is 30.4. The summed E-state index contributed by atoms with van der Waals surface area (Å²) in [5.41, 5.74) is 15.7. The van der Waals surface area contributed by atoms with Crippen LogP contribution < -0.4 is 4.90 Å². The lowest BCUT2D eigenvalue weighted by Gasteiger charge is -2.29. The van der Waals surface area contributed by atoms with Gasteiger partial charge in [-0.2, -0.15) is 0 Å². The van der Waals surface area contributed by atoms with Crippen molar-refractivity contribution in [3.05, 3.63) is 198 Å². The van der Waals surface area contributed by atoms with Crippen LogP contribution in [0.15, 0.2) is 170 Å². The zero-order valence-electron chi connectivity index (χ0n) is 28.9. The molecule has 1 aliphatic heterocycles. The van der Waals surface area contributed by atoms with Gasteiger partial charge in [-0.1, -0.05) is 134 Å². The molecule has 0 saturated heterocycles. The van der Waals surface area contributed by atoms with Gasteiger partial charge in [-0.25, -0.2) is 4.98 Å². The quantitative estimate of drug-likeness (QED) is 0.176. The van der Waals surface area contributed by atoms with Crippen molar-refractivity contribution in [3.8, 4) is 28.2 Å². The largest absolute Gasteiger partial charge is 0.333 e. The number of nitrogens with zero attached hydrogens (tertiary/aromatic N) is 3. The summed E-state index contributed by atoms with van der Waals surface area (Å²) in [7, 11) is 0. The lowest BCUT2D eigenvalue weighted by molar-refractivity contribution is 0.747. The monoisotopic (exact) mass is 667 g/mol. The Morgan fingerprint density at radius 2 is 1.46 bits per heavy atom. The number of fused-ring (bicyclic) bond motifs is 6. The van der Waals surface area contributed by atoms with Crippen molar-refractivity contribution in [2.45, 2.75) is 24.8 Å². The molecule has 0 spiro atoms. The molecule has 248 valence electrons. The van der Waals surface area contributed by atoms with E-state index < -0.39 is 0 Å². The van der Waals surface area contributed by atoms with Crippen molar-refractivity contribution in [2.24, 2.45) is 0 Å². The SMILES string of the molecule is C=Cc1ccc2c(c1)C1C=C(c3ccc4c(c3)c3c(n4-c4cc(-c5ccccc5)cc(-c5ccccc5)n4)CCC=C3)C=CC1N2c1ccccc1. The van der Waals surface area contributed by atoms with Crippen molar-refractivity contribution in [2.75, 3.05) is 4.90 Å². The van der Waals surface area contributed by atoms with E-state index in [0.29, 0.717) is 0 Å². The number of pyridine rings is 1. The zero-order chi connectivity index (χ0) is 34.6. The third-order valence-corrected chi connectivity index (χ3v) is 10.9. The van der Waals surface area contributed by atoms with E-state index in [1.165, 1.54) is 55.8 Å². The number of para-hydroxylation sites is 1. The number of anilines is 2. The van der Waals surface area contributed by atoms with E-state index in [1.54, 1.807) is 0 Å².